The van der Waals surface area contributed by atoms with Gasteiger partial charge in [-0.1, -0.05) is 72.8 Å². The molecule has 4 N–H and O–H groups in total. The van der Waals surface area contributed by atoms with Crippen LogP contribution in [0.25, 0.3) is 0 Å². The van der Waals surface area contributed by atoms with Crippen molar-refractivity contribution in [2.24, 2.45) is 10.3 Å². The molecule has 0 aliphatic heterocycles. The maximum Gasteiger partial charge on any atom is 0.00656 e. The van der Waals surface area contributed by atoms with Gasteiger partial charge in [-0.05, 0) is 48.5 Å². The summed E-state index contributed by atoms with van der Waals surface area (Å²) in [7, 11) is -4.60. The van der Waals surface area contributed by atoms with E-state index in [0.29, 0.717) is 0 Å². The van der Waals surface area contributed by atoms with Gasteiger partial charge >= 0.3 is 0 Å². The Labute approximate surface area is 169 Å². The Morgan fingerprint density at radius 1 is 0.429 bits per heavy atom. The fourth-order valence-corrected chi connectivity index (χ4v) is 14.2. The summed E-state index contributed by atoms with van der Waals surface area (Å²) in [5.74, 6) is 0. The van der Waals surface area contributed by atoms with E-state index in [0.717, 1.165) is 9.79 Å². The SMILES string of the molecule is N[SH](N)(c1ccccc1)(c1ccccc1)[SH](c1ccccc1)c1ccccc1. The highest BCUT2D eigenvalue weighted by Crippen LogP contribution is 2.88. The molecule has 0 amide bonds. The lowest BCUT2D eigenvalue weighted by Gasteiger charge is -2.64. The Balaban J connectivity index is 2.09. The van der Waals surface area contributed by atoms with Crippen LogP contribution in [0, 0.1) is 0 Å². The Morgan fingerprint density at radius 2 is 0.714 bits per heavy atom. The second-order valence-electron chi connectivity index (χ2n) is 6.86. The molecule has 0 spiro atoms. The number of thiol groups is 2. The molecule has 28 heavy (non-hydrogen) atoms. The molecule has 0 saturated carbocycles. The van der Waals surface area contributed by atoms with Gasteiger partial charge in [0.25, 0.3) is 0 Å². The molecule has 0 unspecified atom stereocenters. The summed E-state index contributed by atoms with van der Waals surface area (Å²) in [5, 5.41) is 15.1. The second kappa shape index (κ2) is 7.49. The molecule has 0 heterocycles. The first-order chi connectivity index (χ1) is 13.6. The van der Waals surface area contributed by atoms with Crippen LogP contribution in [-0.4, -0.2) is 0 Å². The van der Waals surface area contributed by atoms with E-state index in [2.05, 4.69) is 72.8 Å². The molecule has 4 heteroatoms. The molecule has 0 aliphatic rings. The molecular weight excluding hydrogens is 380 g/mol. The predicted octanol–water partition coefficient (Wildman–Crippen LogP) is 5.96. The molecule has 4 rings (SSSR count). The fourth-order valence-electron chi connectivity index (χ4n) is 3.65. The van der Waals surface area contributed by atoms with Crippen LogP contribution in [0.15, 0.2) is 141 Å². The Bertz CT molecular complexity index is 954. The first-order valence-electron chi connectivity index (χ1n) is 9.25. The maximum atomic E-state index is 7.53. The molecule has 144 valence electrons. The number of hydrogen-bond donors (Lipinski definition) is 4. The van der Waals surface area contributed by atoms with Crippen molar-refractivity contribution in [3.63, 3.8) is 0 Å². The molecular formula is C24H26N2S2. The van der Waals surface area contributed by atoms with Gasteiger partial charge in [-0.15, -0.1) is 8.57 Å². The molecule has 0 bridgehead atoms. The van der Waals surface area contributed by atoms with E-state index in [1.807, 2.05) is 48.5 Å². The maximum absolute atomic E-state index is 7.53. The number of hydrogen-bond acceptors (Lipinski definition) is 2. The zero-order valence-corrected chi connectivity index (χ0v) is 17.4. The van der Waals surface area contributed by atoms with E-state index in [9.17, 15) is 0 Å². The molecule has 0 radical (unpaired) electrons. The number of rotatable bonds is 5. The van der Waals surface area contributed by atoms with Gasteiger partial charge in [0.1, 0.15) is 0 Å². The van der Waals surface area contributed by atoms with E-state index >= 15 is 0 Å². The third kappa shape index (κ3) is 3.15. The fraction of sp³-hybridized carbons (Fsp3) is 0. The zero-order valence-electron chi connectivity index (χ0n) is 15.6. The average molecular weight is 407 g/mol. The lowest BCUT2D eigenvalue weighted by molar-refractivity contribution is 1.30. The molecule has 4 aromatic carbocycles. The van der Waals surface area contributed by atoms with Crippen molar-refractivity contribution in [1.29, 1.82) is 0 Å². The van der Waals surface area contributed by atoms with Crippen LogP contribution in [-0.2, 0) is 0 Å². The third-order valence-corrected chi connectivity index (χ3v) is 15.6. The van der Waals surface area contributed by atoms with Crippen LogP contribution < -0.4 is 10.3 Å². The van der Waals surface area contributed by atoms with Crippen LogP contribution >= 0.6 is 18.5 Å². The summed E-state index contributed by atoms with van der Waals surface area (Å²) in [6.07, 6.45) is 0. The second-order valence-corrected chi connectivity index (χ2v) is 15.8. The quantitative estimate of drug-likeness (QED) is 0.244. The lowest BCUT2D eigenvalue weighted by atomic mass is 10.4. The molecule has 0 aromatic heterocycles. The molecule has 0 saturated heterocycles. The molecule has 4 aromatic rings. The Kier molecular flexibility index (Phi) is 5.04. The summed E-state index contributed by atoms with van der Waals surface area (Å²) in [6.45, 7) is 0. The van der Waals surface area contributed by atoms with Gasteiger partial charge in [0.15, 0.2) is 0 Å². The van der Waals surface area contributed by atoms with Crippen molar-refractivity contribution in [2.45, 2.75) is 19.6 Å². The van der Waals surface area contributed by atoms with E-state index in [-0.39, 0.29) is 0 Å². The normalized spacial score (nSPS) is 13.4. The van der Waals surface area contributed by atoms with Crippen molar-refractivity contribution in [2.75, 3.05) is 0 Å². The molecule has 2 nitrogen and oxygen atoms in total. The van der Waals surface area contributed by atoms with E-state index in [4.69, 9.17) is 10.3 Å². The van der Waals surface area contributed by atoms with Crippen molar-refractivity contribution in [3.8, 4) is 0 Å². The summed E-state index contributed by atoms with van der Waals surface area (Å²) in [6, 6.07) is 41.5. The van der Waals surface area contributed by atoms with Crippen LogP contribution in [0.1, 0.15) is 0 Å². The van der Waals surface area contributed by atoms with Crippen molar-refractivity contribution in [3.05, 3.63) is 121 Å². The minimum absolute atomic E-state index is 1.03. The smallest absolute Gasteiger partial charge is 0.00656 e. The van der Waals surface area contributed by atoms with Crippen molar-refractivity contribution in [1.82, 2.24) is 0 Å². The average Bonchev–Trinajstić information content (AvgIpc) is 2.77. The highest BCUT2D eigenvalue weighted by Gasteiger charge is 2.42. The zero-order chi connectivity index (χ0) is 19.5. The van der Waals surface area contributed by atoms with Gasteiger partial charge in [-0.2, -0.15) is 9.93 Å². The number of nitrogens with two attached hydrogens (primary N) is 2. The standard InChI is InChI=1S/C24H26N2S2/c25-28(26,23-17-9-3-10-18-23,24-19-11-4-12-20-24)27(21-13-5-1-6-14-21)22-15-7-2-8-16-22/h1-20,27-28H,25-26H2. The Morgan fingerprint density at radius 3 is 1.04 bits per heavy atom. The van der Waals surface area contributed by atoms with Gasteiger partial charge in [-0.3, -0.25) is 10.3 Å². The van der Waals surface area contributed by atoms with Gasteiger partial charge in [0, 0.05) is 19.6 Å². The third-order valence-electron chi connectivity index (χ3n) is 5.03. The largest absolute Gasteiger partial charge is 0.287 e. The van der Waals surface area contributed by atoms with Crippen molar-refractivity contribution >= 4 is 18.5 Å². The van der Waals surface area contributed by atoms with Gasteiger partial charge in [-0.25, -0.2) is 0 Å². The minimum atomic E-state index is -3.56. The first kappa shape index (κ1) is 18.8. The summed E-state index contributed by atoms with van der Waals surface area (Å²) >= 11 is 0. The monoisotopic (exact) mass is 406 g/mol. The van der Waals surface area contributed by atoms with Crippen LogP contribution in [0.3, 0.4) is 0 Å². The van der Waals surface area contributed by atoms with E-state index in [1.54, 1.807) is 0 Å². The molecule has 0 aliphatic carbocycles. The highest BCUT2D eigenvalue weighted by molar-refractivity contribution is 9.07. The number of benzene rings is 4. The van der Waals surface area contributed by atoms with E-state index < -0.39 is 18.5 Å². The highest BCUT2D eigenvalue weighted by atomic mass is 33.2. The van der Waals surface area contributed by atoms with Crippen LogP contribution in [0.2, 0.25) is 0 Å². The summed E-state index contributed by atoms with van der Waals surface area (Å²) in [5.41, 5.74) is 0. The summed E-state index contributed by atoms with van der Waals surface area (Å²) < 4.78 is 0. The first-order valence-corrected chi connectivity index (χ1v) is 13.7. The van der Waals surface area contributed by atoms with E-state index in [1.165, 1.54) is 9.79 Å². The Hall–Kier alpha value is -2.50. The van der Waals surface area contributed by atoms with Gasteiger partial charge < -0.3 is 0 Å². The van der Waals surface area contributed by atoms with Gasteiger partial charge in [0.2, 0.25) is 0 Å². The lowest BCUT2D eigenvalue weighted by Crippen LogP contribution is -2.36. The summed E-state index contributed by atoms with van der Waals surface area (Å²) in [4.78, 5) is 4.44. The van der Waals surface area contributed by atoms with Crippen molar-refractivity contribution < 1.29 is 0 Å². The topological polar surface area (TPSA) is 52.0 Å². The molecule has 0 fully saturated rings. The minimum Gasteiger partial charge on any atom is -0.287 e. The molecule has 0 atom stereocenters. The van der Waals surface area contributed by atoms with Crippen LogP contribution in [0.5, 0.6) is 0 Å². The van der Waals surface area contributed by atoms with Crippen LogP contribution in [0.4, 0.5) is 0 Å². The predicted molar refractivity (Wildman–Crippen MR) is 125 cm³/mol. The van der Waals surface area contributed by atoms with Gasteiger partial charge in [0.05, 0.1) is 0 Å².